The first kappa shape index (κ1) is 17.9. The average Bonchev–Trinajstić information content (AvgIpc) is 3.21. The lowest BCUT2D eigenvalue weighted by molar-refractivity contribution is -0.655. The maximum atomic E-state index is 6.76. The third kappa shape index (κ3) is 2.35. The molecule has 28 heavy (non-hydrogen) atoms. The van der Waals surface area contributed by atoms with Gasteiger partial charge in [0, 0.05) is 16.3 Å². The number of hydrogen-bond donors (Lipinski definition) is 0. The van der Waals surface area contributed by atoms with Crippen molar-refractivity contribution < 1.29 is 8.98 Å². The molecule has 2 nitrogen and oxygen atoms in total. The van der Waals surface area contributed by atoms with Crippen molar-refractivity contribution in [3.8, 4) is 10.6 Å². The van der Waals surface area contributed by atoms with Crippen LogP contribution in [0.15, 0.2) is 40.3 Å². The SMILES string of the molecule is Cc1ccc2c(oc3c4c(ccc32)C(C)(C)CCC4(C)C)c1-c1scc[n+]1C. The van der Waals surface area contributed by atoms with Crippen molar-refractivity contribution in [2.45, 2.75) is 58.3 Å². The summed E-state index contributed by atoms with van der Waals surface area (Å²) in [7, 11) is 2.11. The number of thiazole rings is 1. The van der Waals surface area contributed by atoms with Crippen molar-refractivity contribution >= 4 is 33.3 Å². The number of nitrogens with zero attached hydrogens (tertiary/aromatic N) is 1. The molecule has 0 N–H and O–H groups in total. The van der Waals surface area contributed by atoms with Gasteiger partial charge >= 0.3 is 0 Å². The Morgan fingerprint density at radius 3 is 2.32 bits per heavy atom. The van der Waals surface area contributed by atoms with Gasteiger partial charge in [0.25, 0.3) is 5.01 Å². The van der Waals surface area contributed by atoms with Gasteiger partial charge in [-0.3, -0.25) is 0 Å². The molecule has 1 aliphatic rings. The molecule has 1 aliphatic carbocycles. The number of hydrogen-bond acceptors (Lipinski definition) is 2. The summed E-state index contributed by atoms with van der Waals surface area (Å²) in [5.74, 6) is 0. The number of fused-ring (bicyclic) bond motifs is 5. The number of benzene rings is 2. The Bertz CT molecular complexity index is 1240. The van der Waals surface area contributed by atoms with E-state index in [-0.39, 0.29) is 10.8 Å². The lowest BCUT2D eigenvalue weighted by Gasteiger charge is -2.41. The van der Waals surface area contributed by atoms with Crippen molar-refractivity contribution in [3.05, 3.63) is 52.5 Å². The minimum atomic E-state index is 0.126. The third-order valence-electron chi connectivity index (χ3n) is 6.80. The lowest BCUT2D eigenvalue weighted by atomic mass is 9.63. The molecule has 0 atom stereocenters. The highest BCUT2D eigenvalue weighted by Crippen LogP contribution is 2.50. The van der Waals surface area contributed by atoms with E-state index in [4.69, 9.17) is 4.42 Å². The molecule has 0 saturated carbocycles. The first-order valence-corrected chi connectivity index (χ1v) is 11.0. The minimum absolute atomic E-state index is 0.126. The van der Waals surface area contributed by atoms with E-state index in [1.165, 1.54) is 50.9 Å². The molecule has 4 aromatic rings. The normalized spacial score (nSPS) is 17.9. The van der Waals surface area contributed by atoms with Crippen LogP contribution in [0.2, 0.25) is 0 Å². The number of aromatic nitrogens is 1. The highest BCUT2D eigenvalue weighted by molar-refractivity contribution is 7.12. The fraction of sp³-hybridized carbons (Fsp3) is 0.400. The summed E-state index contributed by atoms with van der Waals surface area (Å²) < 4.78 is 8.96. The maximum absolute atomic E-state index is 6.76. The van der Waals surface area contributed by atoms with Gasteiger partial charge in [-0.15, -0.1) is 0 Å². The molecule has 144 valence electrons. The van der Waals surface area contributed by atoms with E-state index in [1.54, 1.807) is 11.3 Å². The first-order valence-electron chi connectivity index (χ1n) is 10.1. The molecule has 0 unspecified atom stereocenters. The van der Waals surface area contributed by atoms with Gasteiger partial charge < -0.3 is 4.42 Å². The second-order valence-electron chi connectivity index (χ2n) is 9.69. The number of rotatable bonds is 1. The number of aryl methyl sites for hydroxylation is 2. The van der Waals surface area contributed by atoms with Gasteiger partial charge in [-0.25, -0.2) is 0 Å². The van der Waals surface area contributed by atoms with Gasteiger partial charge in [-0.1, -0.05) is 63.3 Å². The van der Waals surface area contributed by atoms with Crippen LogP contribution in [-0.2, 0) is 17.9 Å². The van der Waals surface area contributed by atoms with Crippen LogP contribution in [0.1, 0.15) is 57.2 Å². The number of furan rings is 1. The summed E-state index contributed by atoms with van der Waals surface area (Å²) in [5.41, 5.74) is 7.80. The Labute approximate surface area is 170 Å². The Morgan fingerprint density at radius 1 is 0.929 bits per heavy atom. The first-order chi connectivity index (χ1) is 13.2. The molecule has 0 fully saturated rings. The Balaban J connectivity index is 1.94. The van der Waals surface area contributed by atoms with Crippen LogP contribution in [0.4, 0.5) is 0 Å². The summed E-state index contributed by atoms with van der Waals surface area (Å²) in [5, 5.41) is 5.87. The third-order valence-corrected chi connectivity index (χ3v) is 7.77. The standard InChI is InChI=1S/C25H28NOS/c1-15-7-8-16-17-9-10-18-20(25(4,5)12-11-24(18,2)3)22(17)27-21(16)19(15)23-26(6)13-14-28-23/h7-10,13-14H,11-12H2,1-6H3/q+1. The molecule has 3 heteroatoms. The molecule has 2 heterocycles. The Kier molecular flexibility index (Phi) is 3.65. The highest BCUT2D eigenvalue weighted by Gasteiger charge is 2.39. The van der Waals surface area contributed by atoms with E-state index in [0.717, 1.165) is 11.2 Å². The van der Waals surface area contributed by atoms with Gasteiger partial charge in [0.1, 0.15) is 18.2 Å². The summed E-state index contributed by atoms with van der Waals surface area (Å²) in [4.78, 5) is 0. The molecule has 0 aliphatic heterocycles. The van der Waals surface area contributed by atoms with Crippen molar-refractivity contribution in [2.24, 2.45) is 7.05 Å². The molecule has 2 aromatic heterocycles. The van der Waals surface area contributed by atoms with Gasteiger partial charge in [-0.2, -0.15) is 4.57 Å². The summed E-state index contributed by atoms with van der Waals surface area (Å²) in [6, 6.07) is 9.12. The van der Waals surface area contributed by atoms with E-state index >= 15 is 0 Å². The van der Waals surface area contributed by atoms with Crippen LogP contribution in [0.3, 0.4) is 0 Å². The summed E-state index contributed by atoms with van der Waals surface area (Å²) >= 11 is 1.77. The molecule has 0 bridgehead atoms. The maximum Gasteiger partial charge on any atom is 0.272 e. The highest BCUT2D eigenvalue weighted by atomic mass is 32.1. The van der Waals surface area contributed by atoms with Gasteiger partial charge in [-0.05, 0) is 41.7 Å². The quantitative estimate of drug-likeness (QED) is 0.327. The topological polar surface area (TPSA) is 17.0 Å². The molecule has 0 spiro atoms. The molecule has 0 saturated heterocycles. The van der Waals surface area contributed by atoms with Crippen LogP contribution in [0.5, 0.6) is 0 Å². The molecular formula is C25H28NOS+. The largest absolute Gasteiger partial charge is 0.455 e. The average molecular weight is 391 g/mol. The van der Waals surface area contributed by atoms with Crippen LogP contribution < -0.4 is 4.57 Å². The van der Waals surface area contributed by atoms with Gasteiger partial charge in [0.2, 0.25) is 0 Å². The van der Waals surface area contributed by atoms with Crippen LogP contribution in [0, 0.1) is 6.92 Å². The molecule has 0 radical (unpaired) electrons. The van der Waals surface area contributed by atoms with Crippen LogP contribution in [-0.4, -0.2) is 0 Å². The van der Waals surface area contributed by atoms with E-state index in [9.17, 15) is 0 Å². The zero-order valence-electron chi connectivity index (χ0n) is 17.6. The van der Waals surface area contributed by atoms with E-state index in [2.05, 4.69) is 82.1 Å². The van der Waals surface area contributed by atoms with Crippen molar-refractivity contribution in [1.29, 1.82) is 0 Å². The van der Waals surface area contributed by atoms with E-state index in [0.29, 0.717) is 0 Å². The Hall–Kier alpha value is -2.13. The fourth-order valence-electron chi connectivity index (χ4n) is 4.96. The molecule has 2 aromatic carbocycles. The second kappa shape index (κ2) is 5.70. The molecular weight excluding hydrogens is 362 g/mol. The van der Waals surface area contributed by atoms with Gasteiger partial charge in [0.05, 0.1) is 5.38 Å². The predicted molar refractivity (Wildman–Crippen MR) is 118 cm³/mol. The van der Waals surface area contributed by atoms with Crippen LogP contribution >= 0.6 is 11.3 Å². The lowest BCUT2D eigenvalue weighted by Crippen LogP contribution is -2.33. The van der Waals surface area contributed by atoms with E-state index < -0.39 is 0 Å². The monoisotopic (exact) mass is 390 g/mol. The van der Waals surface area contributed by atoms with Crippen molar-refractivity contribution in [3.63, 3.8) is 0 Å². The zero-order valence-corrected chi connectivity index (χ0v) is 18.5. The zero-order chi connectivity index (χ0) is 19.8. The van der Waals surface area contributed by atoms with Crippen molar-refractivity contribution in [2.75, 3.05) is 0 Å². The minimum Gasteiger partial charge on any atom is -0.455 e. The predicted octanol–water partition coefficient (Wildman–Crippen LogP) is 6.80. The Morgan fingerprint density at radius 2 is 1.61 bits per heavy atom. The van der Waals surface area contributed by atoms with E-state index in [1.807, 2.05) is 0 Å². The summed E-state index contributed by atoms with van der Waals surface area (Å²) in [6.45, 7) is 11.7. The van der Waals surface area contributed by atoms with Crippen molar-refractivity contribution in [1.82, 2.24) is 0 Å². The molecule has 5 rings (SSSR count). The summed E-state index contributed by atoms with van der Waals surface area (Å²) in [6.07, 6.45) is 4.53. The molecule has 0 amide bonds. The second-order valence-corrected chi connectivity index (χ2v) is 10.6. The van der Waals surface area contributed by atoms with Gasteiger partial charge in [0.15, 0.2) is 11.8 Å². The fourth-order valence-corrected chi connectivity index (χ4v) is 5.93. The smallest absolute Gasteiger partial charge is 0.272 e. The van der Waals surface area contributed by atoms with Crippen LogP contribution in [0.25, 0.3) is 32.5 Å².